The van der Waals surface area contributed by atoms with Gasteiger partial charge < -0.3 is 18.9 Å². The minimum Gasteiger partial charge on any atom is -0.465 e. The lowest BCUT2D eigenvalue weighted by molar-refractivity contribution is -0.170. The maximum Gasteiger partial charge on any atom is 0.305 e. The summed E-state index contributed by atoms with van der Waals surface area (Å²) in [6, 6.07) is 0. The summed E-state index contributed by atoms with van der Waals surface area (Å²) in [6.45, 7) is 7.28. The molecule has 0 aromatic carbocycles. The van der Waals surface area contributed by atoms with Gasteiger partial charge in [0, 0.05) is 25.7 Å². The fourth-order valence-corrected chi connectivity index (χ4v) is 3.63. The van der Waals surface area contributed by atoms with E-state index in [-0.39, 0.29) is 64.0 Å². The van der Waals surface area contributed by atoms with Crippen LogP contribution in [0.4, 0.5) is 0 Å². The van der Waals surface area contributed by atoms with Crippen LogP contribution < -0.4 is 0 Å². The van der Waals surface area contributed by atoms with E-state index in [1.807, 2.05) is 13.8 Å². The van der Waals surface area contributed by atoms with Crippen LogP contribution in [0.1, 0.15) is 130 Å². The van der Waals surface area contributed by atoms with Gasteiger partial charge >= 0.3 is 23.9 Å². The molecule has 8 nitrogen and oxygen atoms in total. The summed E-state index contributed by atoms with van der Waals surface area (Å²) in [7, 11) is 0. The van der Waals surface area contributed by atoms with Crippen molar-refractivity contribution in [2.24, 2.45) is 5.41 Å². The Bertz CT molecular complexity index is 577. The van der Waals surface area contributed by atoms with Gasteiger partial charge in [-0.3, -0.25) is 19.2 Å². The molecule has 37 heavy (non-hydrogen) atoms. The van der Waals surface area contributed by atoms with Crippen molar-refractivity contribution in [3.63, 3.8) is 0 Å². The molecule has 0 saturated heterocycles. The van der Waals surface area contributed by atoms with Gasteiger partial charge in [-0.25, -0.2) is 0 Å². The number of hydrogen-bond acceptors (Lipinski definition) is 8. The number of hydrogen-bond donors (Lipinski definition) is 0. The first-order valence-electron chi connectivity index (χ1n) is 14.4. The lowest BCUT2D eigenvalue weighted by Gasteiger charge is -2.31. The van der Waals surface area contributed by atoms with E-state index in [0.717, 1.165) is 64.2 Å². The van der Waals surface area contributed by atoms with Crippen molar-refractivity contribution in [1.29, 1.82) is 0 Å². The Labute approximate surface area is 224 Å². The van der Waals surface area contributed by atoms with E-state index in [0.29, 0.717) is 12.8 Å². The van der Waals surface area contributed by atoms with E-state index in [1.54, 1.807) is 0 Å². The van der Waals surface area contributed by atoms with E-state index in [1.165, 1.54) is 0 Å². The summed E-state index contributed by atoms with van der Waals surface area (Å²) < 4.78 is 22.0. The summed E-state index contributed by atoms with van der Waals surface area (Å²) in [5.41, 5.74) is -1.16. The van der Waals surface area contributed by atoms with Crippen LogP contribution in [-0.2, 0) is 38.1 Å². The largest absolute Gasteiger partial charge is 0.465 e. The highest BCUT2D eigenvalue weighted by molar-refractivity contribution is 5.71. The minimum atomic E-state index is -1.16. The van der Waals surface area contributed by atoms with E-state index in [2.05, 4.69) is 13.8 Å². The Balaban J connectivity index is 5.27. The third-order valence-electron chi connectivity index (χ3n) is 6.03. The topological polar surface area (TPSA) is 105 Å². The highest BCUT2D eigenvalue weighted by atomic mass is 16.6. The molecule has 0 rings (SSSR count). The van der Waals surface area contributed by atoms with Gasteiger partial charge in [0.15, 0.2) is 0 Å². The van der Waals surface area contributed by atoms with Crippen LogP contribution in [0.2, 0.25) is 0 Å². The molecule has 0 bridgehead atoms. The molecule has 0 saturated carbocycles. The number of esters is 4. The van der Waals surface area contributed by atoms with Gasteiger partial charge in [0.05, 0.1) is 0 Å². The maximum absolute atomic E-state index is 12.4. The number of unbranched alkanes of at least 4 members (excludes halogenated alkanes) is 8. The van der Waals surface area contributed by atoms with Gasteiger partial charge in [0.1, 0.15) is 31.8 Å². The van der Waals surface area contributed by atoms with Gasteiger partial charge in [-0.15, -0.1) is 0 Å². The fraction of sp³-hybridized carbons (Fsp3) is 0.862. The normalized spacial score (nSPS) is 11.1. The molecule has 0 aromatic rings. The average Bonchev–Trinajstić information content (AvgIpc) is 2.88. The summed E-state index contributed by atoms with van der Waals surface area (Å²) in [5.74, 6) is -1.56. The molecule has 0 aliphatic heterocycles. The van der Waals surface area contributed by atoms with Crippen LogP contribution in [0.25, 0.3) is 0 Å². The molecule has 0 heterocycles. The first kappa shape index (κ1) is 34.9. The molecule has 8 heteroatoms. The van der Waals surface area contributed by atoms with E-state index in [4.69, 9.17) is 18.9 Å². The number of carbonyl (C=O) groups is 4. The standard InChI is InChI=1S/C29H52O8/c1-5-9-11-13-15-19-27(32)36-23-29(21-34-25(30)17-7-3,22-35-26(31)18-8-4)24-37-28(33)20-16-14-12-10-6-2/h5-24H2,1-4H3. The molecule has 0 fully saturated rings. The van der Waals surface area contributed by atoms with Crippen LogP contribution in [0.3, 0.4) is 0 Å². The number of ether oxygens (including phenoxy) is 4. The van der Waals surface area contributed by atoms with E-state index < -0.39 is 17.4 Å². The first-order valence-corrected chi connectivity index (χ1v) is 14.4. The third kappa shape index (κ3) is 19.6. The van der Waals surface area contributed by atoms with E-state index >= 15 is 0 Å². The van der Waals surface area contributed by atoms with Crippen LogP contribution in [0.15, 0.2) is 0 Å². The van der Waals surface area contributed by atoms with Gasteiger partial charge in [0.2, 0.25) is 0 Å². The Kier molecular flexibility index (Phi) is 21.7. The second-order valence-corrected chi connectivity index (χ2v) is 9.97. The minimum absolute atomic E-state index is 0.177. The zero-order chi connectivity index (χ0) is 27.8. The monoisotopic (exact) mass is 528 g/mol. The molecular formula is C29H52O8. The molecule has 0 aliphatic rings. The fourth-order valence-electron chi connectivity index (χ4n) is 3.63. The van der Waals surface area contributed by atoms with Gasteiger partial charge in [-0.2, -0.15) is 0 Å². The van der Waals surface area contributed by atoms with Crippen molar-refractivity contribution in [3.8, 4) is 0 Å². The van der Waals surface area contributed by atoms with Gasteiger partial charge in [0.25, 0.3) is 0 Å². The van der Waals surface area contributed by atoms with Crippen molar-refractivity contribution < 1.29 is 38.1 Å². The van der Waals surface area contributed by atoms with E-state index in [9.17, 15) is 19.2 Å². The molecule has 216 valence electrons. The Morgan fingerprint density at radius 3 is 1.00 bits per heavy atom. The van der Waals surface area contributed by atoms with Crippen LogP contribution in [0.5, 0.6) is 0 Å². The molecule has 0 N–H and O–H groups in total. The first-order chi connectivity index (χ1) is 17.8. The van der Waals surface area contributed by atoms with Crippen LogP contribution in [0, 0.1) is 5.41 Å². The molecule has 0 unspecified atom stereocenters. The molecule has 0 spiro atoms. The van der Waals surface area contributed by atoms with Crippen molar-refractivity contribution >= 4 is 23.9 Å². The number of carbonyl (C=O) groups excluding carboxylic acids is 4. The third-order valence-corrected chi connectivity index (χ3v) is 6.03. The van der Waals surface area contributed by atoms with Crippen molar-refractivity contribution in [2.75, 3.05) is 26.4 Å². The molecular weight excluding hydrogens is 476 g/mol. The lowest BCUT2D eigenvalue weighted by atomic mass is 9.92. The average molecular weight is 529 g/mol. The van der Waals surface area contributed by atoms with Crippen LogP contribution in [-0.4, -0.2) is 50.3 Å². The van der Waals surface area contributed by atoms with Gasteiger partial charge in [-0.1, -0.05) is 79.1 Å². The lowest BCUT2D eigenvalue weighted by Crippen LogP contribution is -2.44. The maximum atomic E-state index is 12.4. The smallest absolute Gasteiger partial charge is 0.305 e. The van der Waals surface area contributed by atoms with Crippen molar-refractivity contribution in [2.45, 2.75) is 130 Å². The zero-order valence-corrected chi connectivity index (χ0v) is 23.9. The SMILES string of the molecule is CCCCCCCC(=O)OCC(COC(=O)CCC)(COC(=O)CCC)COC(=O)CCCCCCC. The number of rotatable bonds is 24. The predicted molar refractivity (Wildman–Crippen MR) is 143 cm³/mol. The van der Waals surface area contributed by atoms with Crippen LogP contribution >= 0.6 is 0 Å². The summed E-state index contributed by atoms with van der Waals surface area (Å²) >= 11 is 0. The summed E-state index contributed by atoms with van der Waals surface area (Å²) in [5, 5.41) is 0. The predicted octanol–water partition coefficient (Wildman–Crippen LogP) is 6.47. The molecule has 0 radical (unpaired) electrons. The van der Waals surface area contributed by atoms with Gasteiger partial charge in [-0.05, 0) is 25.7 Å². The van der Waals surface area contributed by atoms with Crippen molar-refractivity contribution in [1.82, 2.24) is 0 Å². The molecule has 0 amide bonds. The highest BCUT2D eigenvalue weighted by Crippen LogP contribution is 2.23. The summed E-state index contributed by atoms with van der Waals surface area (Å²) in [4.78, 5) is 49.1. The molecule has 0 aromatic heterocycles. The Morgan fingerprint density at radius 1 is 0.405 bits per heavy atom. The second-order valence-electron chi connectivity index (χ2n) is 9.97. The zero-order valence-electron chi connectivity index (χ0n) is 23.9. The second kappa shape index (κ2) is 23.0. The Hall–Kier alpha value is -2.12. The Morgan fingerprint density at radius 2 is 0.703 bits per heavy atom. The summed E-state index contributed by atoms with van der Waals surface area (Å²) in [6.07, 6.45) is 12.3. The highest BCUT2D eigenvalue weighted by Gasteiger charge is 2.37. The van der Waals surface area contributed by atoms with Crippen molar-refractivity contribution in [3.05, 3.63) is 0 Å². The molecule has 0 aliphatic carbocycles. The quantitative estimate of drug-likeness (QED) is 0.0797. The molecule has 0 atom stereocenters.